The molecule has 2 saturated heterocycles. The number of rotatable bonds is 3. The van der Waals surface area contributed by atoms with Crippen LogP contribution in [0.25, 0.3) is 0 Å². The summed E-state index contributed by atoms with van der Waals surface area (Å²) in [7, 11) is 0. The molecule has 1 N–H and O–H groups in total. The Bertz CT molecular complexity index is 1120. The van der Waals surface area contributed by atoms with Crippen molar-refractivity contribution in [2.24, 2.45) is 5.92 Å². The molecule has 1 unspecified atom stereocenters. The zero-order valence-electron chi connectivity index (χ0n) is 17.6. The average molecular weight is 498 g/mol. The van der Waals surface area contributed by atoms with Gasteiger partial charge in [-0.15, -0.1) is 0 Å². The summed E-state index contributed by atoms with van der Waals surface area (Å²) in [6.07, 6.45) is 5.60. The molecule has 4 atom stereocenters. The molecule has 1 spiro atoms. The van der Waals surface area contributed by atoms with E-state index in [0.29, 0.717) is 6.04 Å². The van der Waals surface area contributed by atoms with Gasteiger partial charge in [-0.25, -0.2) is 0 Å². The summed E-state index contributed by atoms with van der Waals surface area (Å²) in [6.45, 7) is 5.40. The van der Waals surface area contributed by atoms with Gasteiger partial charge in [0.1, 0.15) is 25.4 Å². The number of fused-ring (bicyclic) bond motifs is 2. The highest BCUT2D eigenvalue weighted by Crippen LogP contribution is 2.63. The lowest BCUT2D eigenvalue weighted by atomic mass is 9.61. The van der Waals surface area contributed by atoms with Crippen molar-refractivity contribution < 1.29 is 21.7 Å². The maximum Gasteiger partial charge on any atom is 0.148 e. The Hall–Kier alpha value is -1.88. The van der Waals surface area contributed by atoms with E-state index in [4.69, 9.17) is 0 Å². The molecule has 1 aliphatic carbocycles. The highest BCUT2D eigenvalue weighted by atomic mass is 79.9. The van der Waals surface area contributed by atoms with Gasteiger partial charge in [-0.3, -0.25) is 4.79 Å². The maximum atomic E-state index is 12.4. The fraction of sp³-hybridized carbons (Fsp3) is 0.346. The monoisotopic (exact) mass is 496 g/mol. The summed E-state index contributed by atoms with van der Waals surface area (Å²) in [5.74, 6) is 0.261. The SMILES string of the molecule is C/C=C1/C[N+]2(Cc3ccc(Br)cc3)CC[C@]34C(=C(C=O)[C@H]1C[C@@H]32)Nc1ccccc14.[Cl-]. The number of piperidine rings is 1. The summed E-state index contributed by atoms with van der Waals surface area (Å²) in [6, 6.07) is 18.1. The van der Waals surface area contributed by atoms with Gasteiger partial charge in [0.25, 0.3) is 0 Å². The van der Waals surface area contributed by atoms with Gasteiger partial charge < -0.3 is 22.2 Å². The van der Waals surface area contributed by atoms with Crippen molar-refractivity contribution in [3.05, 3.63) is 87.0 Å². The molecular formula is C26H26BrClN2O. The lowest BCUT2D eigenvalue weighted by molar-refractivity contribution is -0.954. The van der Waals surface area contributed by atoms with E-state index < -0.39 is 0 Å². The van der Waals surface area contributed by atoms with Crippen molar-refractivity contribution >= 4 is 27.9 Å². The van der Waals surface area contributed by atoms with Gasteiger partial charge in [0.15, 0.2) is 0 Å². The Kier molecular flexibility index (Phi) is 4.96. The van der Waals surface area contributed by atoms with Crippen LogP contribution in [0, 0.1) is 5.92 Å². The second-order valence-electron chi connectivity index (χ2n) is 9.39. The second kappa shape index (κ2) is 7.33. The molecule has 0 amide bonds. The third-order valence-corrected chi connectivity index (χ3v) is 8.80. The Morgan fingerprint density at radius 2 is 1.97 bits per heavy atom. The Morgan fingerprint density at radius 3 is 2.71 bits per heavy atom. The highest BCUT2D eigenvalue weighted by molar-refractivity contribution is 9.10. The minimum Gasteiger partial charge on any atom is -1.00 e. The molecule has 3 heterocycles. The topological polar surface area (TPSA) is 29.1 Å². The summed E-state index contributed by atoms with van der Waals surface area (Å²) in [5.41, 5.74) is 7.60. The Morgan fingerprint density at radius 1 is 1.19 bits per heavy atom. The zero-order chi connectivity index (χ0) is 20.5. The van der Waals surface area contributed by atoms with Crippen molar-refractivity contribution in [1.82, 2.24) is 0 Å². The highest BCUT2D eigenvalue weighted by Gasteiger charge is 2.68. The maximum absolute atomic E-state index is 12.4. The standard InChI is InChI=1S/C26H25BrN2O.ClH/c1-2-18-15-29(14-17-7-9-19(27)10-8-17)12-11-26-22-5-3-4-6-23(22)28-25(26)21(16-30)20(18)13-24(26)29;/h2-10,16,20,24H,11-15H2,1H3;1H/b18-2-;/t20-,24-,26+,29?;/m0./s1. The van der Waals surface area contributed by atoms with Crippen LogP contribution in [0.4, 0.5) is 5.69 Å². The Labute approximate surface area is 198 Å². The predicted molar refractivity (Wildman–Crippen MR) is 123 cm³/mol. The first-order chi connectivity index (χ1) is 14.6. The van der Waals surface area contributed by atoms with E-state index in [1.807, 2.05) is 0 Å². The van der Waals surface area contributed by atoms with Crippen LogP contribution in [-0.2, 0) is 16.8 Å². The minimum absolute atomic E-state index is 0. The molecule has 160 valence electrons. The van der Waals surface area contributed by atoms with Gasteiger partial charge in [0.2, 0.25) is 0 Å². The molecule has 6 rings (SSSR count). The van der Waals surface area contributed by atoms with E-state index in [1.165, 1.54) is 28.1 Å². The van der Waals surface area contributed by atoms with Crippen LogP contribution >= 0.6 is 15.9 Å². The molecule has 4 aliphatic rings. The van der Waals surface area contributed by atoms with Gasteiger partial charge in [0, 0.05) is 45.8 Å². The number of nitrogens with one attached hydrogen (secondary N) is 1. The van der Waals surface area contributed by atoms with E-state index in [-0.39, 0.29) is 23.7 Å². The van der Waals surface area contributed by atoms with Crippen LogP contribution in [-0.4, -0.2) is 29.9 Å². The molecule has 5 heteroatoms. The minimum atomic E-state index is -0.0437. The number of nitrogens with zero attached hydrogens (tertiary/aromatic N) is 1. The number of para-hydroxylation sites is 1. The molecular weight excluding hydrogens is 472 g/mol. The smallest absolute Gasteiger partial charge is 0.148 e. The fourth-order valence-corrected chi connectivity index (χ4v) is 7.35. The lowest BCUT2D eigenvalue weighted by Crippen LogP contribution is -3.00. The second-order valence-corrected chi connectivity index (χ2v) is 10.3. The number of carbonyl (C=O) groups is 1. The number of benzene rings is 2. The number of allylic oxidation sites excluding steroid dienone is 2. The number of carbonyl (C=O) groups excluding carboxylic acids is 1. The van der Waals surface area contributed by atoms with Crippen LogP contribution in [0.5, 0.6) is 0 Å². The largest absolute Gasteiger partial charge is 1.00 e. The first-order valence-electron chi connectivity index (χ1n) is 10.9. The number of halogens is 2. The van der Waals surface area contributed by atoms with Crippen LogP contribution in [0.2, 0.25) is 0 Å². The number of anilines is 1. The summed E-state index contributed by atoms with van der Waals surface area (Å²) >= 11 is 3.58. The summed E-state index contributed by atoms with van der Waals surface area (Å²) in [5, 5.41) is 3.72. The number of hydrogen-bond donors (Lipinski definition) is 1. The van der Waals surface area contributed by atoms with Crippen molar-refractivity contribution in [3.8, 4) is 0 Å². The normalized spacial score (nSPS) is 33.4. The third-order valence-electron chi connectivity index (χ3n) is 8.27. The predicted octanol–water partition coefficient (Wildman–Crippen LogP) is 2.34. The first-order valence-corrected chi connectivity index (χ1v) is 11.7. The van der Waals surface area contributed by atoms with Gasteiger partial charge in [-0.1, -0.05) is 52.3 Å². The molecule has 0 aromatic heterocycles. The third kappa shape index (κ3) is 2.71. The van der Waals surface area contributed by atoms with Crippen LogP contribution in [0.1, 0.15) is 30.9 Å². The van der Waals surface area contributed by atoms with E-state index >= 15 is 0 Å². The van der Waals surface area contributed by atoms with Crippen molar-refractivity contribution in [2.75, 3.05) is 18.4 Å². The van der Waals surface area contributed by atoms with E-state index in [1.54, 1.807) is 0 Å². The number of aldehydes is 1. The molecule has 0 radical (unpaired) electrons. The molecule has 3 aliphatic heterocycles. The van der Waals surface area contributed by atoms with Crippen molar-refractivity contribution in [1.29, 1.82) is 0 Å². The zero-order valence-corrected chi connectivity index (χ0v) is 19.9. The molecule has 3 nitrogen and oxygen atoms in total. The molecule has 31 heavy (non-hydrogen) atoms. The van der Waals surface area contributed by atoms with Gasteiger partial charge in [-0.2, -0.15) is 0 Å². The summed E-state index contributed by atoms with van der Waals surface area (Å²) < 4.78 is 2.23. The van der Waals surface area contributed by atoms with Gasteiger partial charge >= 0.3 is 0 Å². The van der Waals surface area contributed by atoms with Crippen LogP contribution in [0.3, 0.4) is 0 Å². The first kappa shape index (κ1) is 21.0. The molecule has 2 aromatic carbocycles. The van der Waals surface area contributed by atoms with Gasteiger partial charge in [0.05, 0.1) is 12.0 Å². The Balaban J connectivity index is 0.00000204. The fourth-order valence-electron chi connectivity index (χ4n) is 7.08. The van der Waals surface area contributed by atoms with Crippen LogP contribution in [0.15, 0.2) is 75.9 Å². The van der Waals surface area contributed by atoms with E-state index in [2.05, 4.69) is 82.8 Å². The summed E-state index contributed by atoms with van der Waals surface area (Å²) in [4.78, 5) is 12.4. The van der Waals surface area contributed by atoms with Gasteiger partial charge in [-0.05, 0) is 36.3 Å². The number of quaternary nitrogens is 1. The average Bonchev–Trinajstić information content (AvgIpc) is 3.29. The molecule has 2 aromatic rings. The molecule has 0 saturated carbocycles. The van der Waals surface area contributed by atoms with Crippen LogP contribution < -0.4 is 17.7 Å². The quantitative estimate of drug-likeness (QED) is 0.401. The molecule has 2 fully saturated rings. The lowest BCUT2D eigenvalue weighted by Gasteiger charge is -2.53. The molecule has 2 bridgehead atoms. The number of hydrogen-bond acceptors (Lipinski definition) is 2. The van der Waals surface area contributed by atoms with Crippen molar-refractivity contribution in [3.63, 3.8) is 0 Å². The van der Waals surface area contributed by atoms with E-state index in [9.17, 15) is 4.79 Å². The van der Waals surface area contributed by atoms with Crippen molar-refractivity contribution in [2.45, 2.75) is 37.8 Å². The van der Waals surface area contributed by atoms with E-state index in [0.717, 1.165) is 53.3 Å².